The normalized spacial score (nSPS) is 21.5. The van der Waals surface area contributed by atoms with E-state index in [4.69, 9.17) is 0 Å². The number of carbonyl (C=O) groups excluding carboxylic acids is 1. The number of halogens is 2. The van der Waals surface area contributed by atoms with E-state index in [1.54, 1.807) is 30.1 Å². The van der Waals surface area contributed by atoms with E-state index in [0.29, 0.717) is 31.4 Å². The van der Waals surface area contributed by atoms with E-state index < -0.39 is 20.9 Å². The average Bonchev–Trinajstić information content (AvgIpc) is 3.57. The van der Waals surface area contributed by atoms with Crippen LogP contribution in [0.2, 0.25) is 0 Å². The largest absolute Gasteiger partial charge is 0.291 e. The van der Waals surface area contributed by atoms with Crippen molar-refractivity contribution in [3.05, 3.63) is 89.3 Å². The molecular formula is C30H31F2N7O2S. The minimum Gasteiger partial charge on any atom is -0.291 e. The number of hydrogen-bond acceptors (Lipinski definition) is 6. The van der Waals surface area contributed by atoms with Gasteiger partial charge in [-0.3, -0.25) is 14.5 Å². The summed E-state index contributed by atoms with van der Waals surface area (Å²) in [4.78, 5) is 22.9. The molecule has 1 aromatic carbocycles. The molecule has 2 aliphatic rings. The van der Waals surface area contributed by atoms with Crippen LogP contribution in [-0.2, 0) is 23.2 Å². The molecule has 42 heavy (non-hydrogen) atoms. The van der Waals surface area contributed by atoms with Gasteiger partial charge in [-0.15, -0.1) is 5.10 Å². The zero-order valence-electron chi connectivity index (χ0n) is 23.6. The molecule has 1 saturated carbocycles. The molecule has 3 heterocycles. The van der Waals surface area contributed by atoms with Gasteiger partial charge >= 0.3 is 0 Å². The lowest BCUT2D eigenvalue weighted by Crippen LogP contribution is -2.52. The fourth-order valence-corrected chi connectivity index (χ4v) is 8.43. The number of aromatic nitrogens is 6. The minimum absolute atomic E-state index is 0.0359. The molecule has 6 rings (SSSR count). The first-order valence-electron chi connectivity index (χ1n) is 13.7. The second-order valence-electron chi connectivity index (χ2n) is 11.3. The van der Waals surface area contributed by atoms with E-state index in [0.717, 1.165) is 22.9 Å². The van der Waals surface area contributed by atoms with Gasteiger partial charge in [0.1, 0.15) is 23.7 Å². The Morgan fingerprint density at radius 1 is 1.17 bits per heavy atom. The van der Waals surface area contributed by atoms with E-state index in [1.807, 2.05) is 24.2 Å². The number of nitrogens with zero attached hydrogens (tertiary/aromatic N) is 7. The average molecular weight is 592 g/mol. The zero-order chi connectivity index (χ0) is 29.8. The van der Waals surface area contributed by atoms with Crippen molar-refractivity contribution in [3.63, 3.8) is 0 Å². The van der Waals surface area contributed by atoms with Crippen molar-refractivity contribution in [3.8, 4) is 5.69 Å². The standard InChI is InChI=1S/C30H31F2N7O2S/c1-19(2)39(42(4,41)29-34-18-37(3)36-29)25-8-5-21-13-27-20(17-35-38(27)24-9-6-22(31)7-10-24)15-30(21,16-25)28(40)26-14-23(32)11-12-33-26/h6-7,9-14,17-19,25H,4-5,8,15-16H2,1-3H3/t25-,30-,42?/m0/s1. The lowest BCUT2D eigenvalue weighted by molar-refractivity contribution is 0.0725. The van der Waals surface area contributed by atoms with Crippen LogP contribution in [0.3, 0.4) is 0 Å². The smallest absolute Gasteiger partial charge is 0.244 e. The molecule has 2 aliphatic carbocycles. The molecule has 0 aliphatic heterocycles. The Hall–Kier alpha value is -4.03. The van der Waals surface area contributed by atoms with Gasteiger partial charge in [0, 0.05) is 31.4 Å². The van der Waals surface area contributed by atoms with E-state index in [-0.39, 0.29) is 34.5 Å². The molecule has 1 unspecified atom stereocenters. The van der Waals surface area contributed by atoms with E-state index in [9.17, 15) is 17.8 Å². The fourth-order valence-electron chi connectivity index (χ4n) is 6.43. The summed E-state index contributed by atoms with van der Waals surface area (Å²) < 4.78 is 47.2. The second-order valence-corrected chi connectivity index (χ2v) is 13.3. The Morgan fingerprint density at radius 3 is 2.60 bits per heavy atom. The summed E-state index contributed by atoms with van der Waals surface area (Å²) in [6, 6.07) is 7.91. The molecule has 3 aromatic heterocycles. The summed E-state index contributed by atoms with van der Waals surface area (Å²) in [5.74, 6) is 2.89. The lowest BCUT2D eigenvalue weighted by Gasteiger charge is -2.48. The number of benzene rings is 1. The summed E-state index contributed by atoms with van der Waals surface area (Å²) in [7, 11) is -1.40. The fraction of sp³-hybridized carbons (Fsp3) is 0.333. The molecule has 0 spiro atoms. The van der Waals surface area contributed by atoms with Crippen LogP contribution in [0.15, 0.2) is 65.8 Å². The third kappa shape index (κ3) is 4.68. The van der Waals surface area contributed by atoms with Gasteiger partial charge in [0.15, 0.2) is 5.78 Å². The summed E-state index contributed by atoms with van der Waals surface area (Å²) >= 11 is 0. The van der Waals surface area contributed by atoms with Crippen molar-refractivity contribution in [1.29, 1.82) is 0 Å². The Bertz CT molecular complexity index is 1810. The number of Topliss-reactive ketones (excluding diaryl/α,β-unsaturated/α-hetero) is 1. The number of carbonyl (C=O) groups is 1. The van der Waals surface area contributed by atoms with Crippen molar-refractivity contribution >= 4 is 27.4 Å². The van der Waals surface area contributed by atoms with Crippen LogP contribution in [0.1, 0.15) is 54.9 Å². The van der Waals surface area contributed by atoms with Gasteiger partial charge in [0.2, 0.25) is 5.16 Å². The first-order chi connectivity index (χ1) is 20.0. The van der Waals surface area contributed by atoms with Crippen LogP contribution >= 0.6 is 0 Å². The van der Waals surface area contributed by atoms with Gasteiger partial charge in [-0.1, -0.05) is 5.57 Å². The Morgan fingerprint density at radius 2 is 1.93 bits per heavy atom. The maximum Gasteiger partial charge on any atom is 0.244 e. The molecule has 4 aromatic rings. The molecule has 218 valence electrons. The summed E-state index contributed by atoms with van der Waals surface area (Å²) in [5, 5.41) is 9.01. The maximum atomic E-state index is 14.4. The second kappa shape index (κ2) is 10.4. The van der Waals surface area contributed by atoms with Gasteiger partial charge in [-0.2, -0.15) is 5.10 Å². The van der Waals surface area contributed by atoms with Crippen LogP contribution in [0, 0.1) is 17.0 Å². The van der Waals surface area contributed by atoms with Gasteiger partial charge in [0.25, 0.3) is 0 Å². The van der Waals surface area contributed by atoms with Gasteiger partial charge in [-0.05, 0) is 87.4 Å². The number of aryl methyl sites for hydroxylation is 1. The van der Waals surface area contributed by atoms with Crippen LogP contribution in [0.25, 0.3) is 11.8 Å². The molecule has 0 bridgehead atoms. The summed E-state index contributed by atoms with van der Waals surface area (Å²) in [6.07, 6.45) is 8.21. The third-order valence-corrected chi connectivity index (χ3v) is 10.3. The van der Waals surface area contributed by atoms with Gasteiger partial charge in [-0.25, -0.2) is 27.0 Å². The highest BCUT2D eigenvalue weighted by Gasteiger charge is 2.51. The summed E-state index contributed by atoms with van der Waals surface area (Å²) in [6.45, 7) is 3.88. The van der Waals surface area contributed by atoms with E-state index in [2.05, 4.69) is 26.0 Å². The minimum atomic E-state index is -3.10. The Kier molecular flexibility index (Phi) is 6.93. The maximum absolute atomic E-state index is 14.4. The predicted molar refractivity (Wildman–Crippen MR) is 155 cm³/mol. The molecule has 12 heteroatoms. The van der Waals surface area contributed by atoms with Crippen LogP contribution in [-0.4, -0.2) is 61.8 Å². The highest BCUT2D eigenvalue weighted by atomic mass is 32.2. The van der Waals surface area contributed by atoms with Crippen molar-refractivity contribution < 1.29 is 17.8 Å². The number of allylic oxidation sites excluding steroid dienone is 1. The first kappa shape index (κ1) is 28.1. The lowest BCUT2D eigenvalue weighted by atomic mass is 9.60. The molecule has 9 nitrogen and oxygen atoms in total. The number of fused-ring (bicyclic) bond motifs is 2. The van der Waals surface area contributed by atoms with Crippen molar-refractivity contribution in [2.45, 2.75) is 56.8 Å². The van der Waals surface area contributed by atoms with Crippen LogP contribution in [0.4, 0.5) is 8.78 Å². The first-order valence-corrected chi connectivity index (χ1v) is 15.4. The molecular weight excluding hydrogens is 560 g/mol. The third-order valence-electron chi connectivity index (χ3n) is 8.17. The predicted octanol–water partition coefficient (Wildman–Crippen LogP) is 4.44. The topological polar surface area (TPSA) is 98.8 Å². The van der Waals surface area contributed by atoms with E-state index >= 15 is 0 Å². The highest BCUT2D eigenvalue weighted by molar-refractivity contribution is 7.98. The molecule has 0 N–H and O–H groups in total. The molecule has 3 atom stereocenters. The van der Waals surface area contributed by atoms with Crippen LogP contribution in [0.5, 0.6) is 0 Å². The van der Waals surface area contributed by atoms with Crippen molar-refractivity contribution in [2.24, 2.45) is 12.5 Å². The van der Waals surface area contributed by atoms with Crippen molar-refractivity contribution in [2.75, 3.05) is 0 Å². The number of pyridine rings is 1. The number of rotatable bonds is 7. The molecule has 0 radical (unpaired) electrons. The van der Waals surface area contributed by atoms with Crippen LogP contribution < -0.4 is 0 Å². The Labute approximate surface area is 243 Å². The van der Waals surface area contributed by atoms with Crippen molar-refractivity contribution in [1.82, 2.24) is 33.8 Å². The zero-order valence-corrected chi connectivity index (χ0v) is 24.4. The molecule has 0 saturated heterocycles. The van der Waals surface area contributed by atoms with Gasteiger partial charge in [0.05, 0.1) is 32.7 Å². The highest BCUT2D eigenvalue weighted by Crippen LogP contribution is 2.51. The van der Waals surface area contributed by atoms with E-state index in [1.165, 1.54) is 35.4 Å². The monoisotopic (exact) mass is 591 g/mol. The number of ketones is 1. The quantitative estimate of drug-likeness (QED) is 0.233. The van der Waals surface area contributed by atoms with Gasteiger partial charge < -0.3 is 0 Å². The Balaban J connectivity index is 1.46. The molecule has 1 fully saturated rings. The number of hydrogen-bond donors (Lipinski definition) is 0. The SMILES string of the molecule is C=S(=O)(c1ncn(C)n1)N(C(C)C)[C@H]1CCC2=Cc3c(cnn3-c3ccc(F)cc3)C[C@]2(C(=O)c2cc(F)ccn2)C1. The summed E-state index contributed by atoms with van der Waals surface area (Å²) in [5.41, 5.74) is 2.17. The molecule has 0 amide bonds.